The first-order valence-electron chi connectivity index (χ1n) is 7.85. The van der Waals surface area contributed by atoms with Gasteiger partial charge in [-0.1, -0.05) is 80.3 Å². The molecule has 2 N–H and O–H groups in total. The minimum absolute atomic E-state index is 0.178. The Morgan fingerprint density at radius 2 is 1.91 bits per heavy atom. The lowest BCUT2D eigenvalue weighted by Gasteiger charge is -2.19. The second-order valence-corrected chi connectivity index (χ2v) is 5.74. The van der Waals surface area contributed by atoms with E-state index < -0.39 is 0 Å². The van der Waals surface area contributed by atoms with Crippen LogP contribution in [0.5, 0.6) is 0 Å². The van der Waals surface area contributed by atoms with Gasteiger partial charge in [-0.25, -0.2) is 0 Å². The average Bonchev–Trinajstić information content (AvgIpc) is 2.78. The topological polar surface area (TPSA) is 26.0 Å². The van der Waals surface area contributed by atoms with Crippen LogP contribution in [-0.2, 0) is 6.42 Å². The van der Waals surface area contributed by atoms with Crippen molar-refractivity contribution in [3.63, 3.8) is 0 Å². The maximum absolute atomic E-state index is 6.09. The second kappa shape index (κ2) is 7.65. The monoisotopic (exact) mass is 291 g/mol. The van der Waals surface area contributed by atoms with E-state index >= 15 is 0 Å². The number of hydrogen-bond donors (Lipinski definition) is 1. The fraction of sp³-hybridized carbons (Fsp3) is 0.238. The molecule has 0 amide bonds. The van der Waals surface area contributed by atoms with E-state index in [1.165, 1.54) is 22.3 Å². The molecule has 1 aliphatic rings. The van der Waals surface area contributed by atoms with E-state index in [2.05, 4.69) is 68.7 Å². The highest BCUT2D eigenvalue weighted by atomic mass is 14.6. The molecule has 0 radical (unpaired) electrons. The fourth-order valence-electron chi connectivity index (χ4n) is 2.69. The van der Waals surface area contributed by atoms with Crippen LogP contribution in [0.25, 0.3) is 0 Å². The molecule has 1 heteroatoms. The van der Waals surface area contributed by atoms with Gasteiger partial charge in [-0.2, -0.15) is 0 Å². The molecule has 1 nitrogen and oxygen atoms in total. The summed E-state index contributed by atoms with van der Waals surface area (Å²) < 4.78 is 0. The number of benzene rings is 1. The highest BCUT2D eigenvalue weighted by Crippen LogP contribution is 2.27. The molecule has 0 spiro atoms. The zero-order valence-corrected chi connectivity index (χ0v) is 13.4. The largest absolute Gasteiger partial charge is 0.402 e. The van der Waals surface area contributed by atoms with E-state index in [-0.39, 0.29) is 5.92 Å². The van der Waals surface area contributed by atoms with E-state index in [1.807, 2.05) is 6.07 Å². The summed E-state index contributed by atoms with van der Waals surface area (Å²) in [4.78, 5) is 0. The zero-order chi connectivity index (χ0) is 15.9. The van der Waals surface area contributed by atoms with Crippen LogP contribution in [-0.4, -0.2) is 0 Å². The first-order chi connectivity index (χ1) is 10.6. The summed E-state index contributed by atoms with van der Waals surface area (Å²) in [6, 6.07) is 10.5. The number of allylic oxidation sites excluding steroid dienone is 7. The molecule has 1 atom stereocenters. The van der Waals surface area contributed by atoms with Crippen molar-refractivity contribution in [2.75, 3.05) is 0 Å². The van der Waals surface area contributed by atoms with Gasteiger partial charge in [0.25, 0.3) is 0 Å². The molecule has 1 aliphatic carbocycles. The second-order valence-electron chi connectivity index (χ2n) is 5.74. The van der Waals surface area contributed by atoms with Gasteiger partial charge in [0.05, 0.1) is 0 Å². The van der Waals surface area contributed by atoms with Crippen molar-refractivity contribution in [2.45, 2.75) is 26.2 Å². The van der Waals surface area contributed by atoms with Gasteiger partial charge in [0.1, 0.15) is 0 Å². The van der Waals surface area contributed by atoms with Gasteiger partial charge in [0.2, 0.25) is 0 Å². The average molecular weight is 291 g/mol. The van der Waals surface area contributed by atoms with Crippen LogP contribution < -0.4 is 5.73 Å². The van der Waals surface area contributed by atoms with Crippen LogP contribution in [0.15, 0.2) is 90.2 Å². The molecule has 0 bridgehead atoms. The summed E-state index contributed by atoms with van der Waals surface area (Å²) in [5.74, 6) is 0.178. The molecule has 0 saturated heterocycles. The van der Waals surface area contributed by atoms with E-state index in [4.69, 9.17) is 5.73 Å². The third-order valence-electron chi connectivity index (χ3n) is 4.14. The molecule has 114 valence electrons. The Balaban J connectivity index is 2.24. The van der Waals surface area contributed by atoms with Crippen molar-refractivity contribution >= 4 is 0 Å². The van der Waals surface area contributed by atoms with Crippen molar-refractivity contribution in [1.29, 1.82) is 0 Å². The first-order valence-corrected chi connectivity index (χ1v) is 7.85. The Kier molecular flexibility index (Phi) is 5.60. The number of nitrogens with two attached hydrogens (primary N) is 1. The van der Waals surface area contributed by atoms with Gasteiger partial charge in [0, 0.05) is 11.6 Å². The smallest absolute Gasteiger partial charge is 0.0235 e. The normalized spacial score (nSPS) is 15.5. The molecular weight excluding hydrogens is 266 g/mol. The van der Waals surface area contributed by atoms with Crippen LogP contribution in [0.3, 0.4) is 0 Å². The van der Waals surface area contributed by atoms with Crippen LogP contribution in [0, 0.1) is 5.92 Å². The molecule has 22 heavy (non-hydrogen) atoms. The van der Waals surface area contributed by atoms with Crippen LogP contribution in [0.4, 0.5) is 0 Å². The lowest BCUT2D eigenvalue weighted by molar-refractivity contribution is 0.686. The van der Waals surface area contributed by atoms with Gasteiger partial charge >= 0.3 is 0 Å². The summed E-state index contributed by atoms with van der Waals surface area (Å²) in [6.45, 7) is 10.3. The Labute approximate surface area is 134 Å². The quantitative estimate of drug-likeness (QED) is 0.775. The summed E-state index contributed by atoms with van der Waals surface area (Å²) >= 11 is 0. The number of rotatable bonds is 6. The molecular formula is C21H25N. The minimum Gasteiger partial charge on any atom is -0.402 e. The molecule has 1 aromatic rings. The minimum atomic E-state index is 0.178. The lowest BCUT2D eigenvalue weighted by Crippen LogP contribution is -2.16. The van der Waals surface area contributed by atoms with Crippen molar-refractivity contribution < 1.29 is 0 Å². The molecule has 0 saturated carbocycles. The Hall–Kier alpha value is -2.28. The Morgan fingerprint density at radius 1 is 1.18 bits per heavy atom. The molecule has 0 aromatic heterocycles. The van der Waals surface area contributed by atoms with Crippen molar-refractivity contribution in [3.8, 4) is 0 Å². The van der Waals surface area contributed by atoms with Gasteiger partial charge in [0.15, 0.2) is 0 Å². The predicted octanol–water partition coefficient (Wildman–Crippen LogP) is 5.10. The standard InChI is InChI=1S/C21H25N/c1-4-16(2)19-11-8-12-20(14-13-19)21(17(3)22)15-18-9-6-5-7-10-18/h5-11,13-14,21H,2-4,12,15,22H2,1H3. The van der Waals surface area contributed by atoms with E-state index in [9.17, 15) is 0 Å². The van der Waals surface area contributed by atoms with Crippen LogP contribution in [0.2, 0.25) is 0 Å². The molecule has 1 unspecified atom stereocenters. The zero-order valence-electron chi connectivity index (χ0n) is 13.4. The molecule has 0 heterocycles. The molecule has 2 rings (SSSR count). The highest BCUT2D eigenvalue weighted by molar-refractivity contribution is 5.44. The van der Waals surface area contributed by atoms with Crippen molar-refractivity contribution in [3.05, 3.63) is 95.8 Å². The predicted molar refractivity (Wildman–Crippen MR) is 96.3 cm³/mol. The van der Waals surface area contributed by atoms with Gasteiger partial charge < -0.3 is 5.73 Å². The molecule has 0 fully saturated rings. The molecule has 0 aliphatic heterocycles. The SMILES string of the molecule is C=C(CC)C1=CC=C(C(Cc2ccccc2)C(=C)N)CC=C1. The summed E-state index contributed by atoms with van der Waals surface area (Å²) in [7, 11) is 0. The summed E-state index contributed by atoms with van der Waals surface area (Å²) in [5, 5.41) is 0. The van der Waals surface area contributed by atoms with E-state index in [0.29, 0.717) is 0 Å². The molecule has 1 aromatic carbocycles. The third-order valence-corrected chi connectivity index (χ3v) is 4.14. The van der Waals surface area contributed by atoms with E-state index in [1.54, 1.807) is 0 Å². The maximum atomic E-state index is 6.09. The van der Waals surface area contributed by atoms with Crippen LogP contribution in [0.1, 0.15) is 25.3 Å². The van der Waals surface area contributed by atoms with Gasteiger partial charge in [-0.05, 0) is 36.0 Å². The Bertz CT molecular complexity index is 629. The van der Waals surface area contributed by atoms with Crippen molar-refractivity contribution in [1.82, 2.24) is 0 Å². The number of hydrogen-bond acceptors (Lipinski definition) is 1. The highest BCUT2D eigenvalue weighted by Gasteiger charge is 2.16. The fourth-order valence-corrected chi connectivity index (χ4v) is 2.69. The van der Waals surface area contributed by atoms with Crippen LogP contribution >= 0.6 is 0 Å². The van der Waals surface area contributed by atoms with Gasteiger partial charge in [-0.15, -0.1) is 0 Å². The van der Waals surface area contributed by atoms with E-state index in [0.717, 1.165) is 25.0 Å². The lowest BCUT2D eigenvalue weighted by atomic mass is 9.87. The first kappa shape index (κ1) is 16.1. The summed E-state index contributed by atoms with van der Waals surface area (Å²) in [6.07, 6.45) is 11.5. The van der Waals surface area contributed by atoms with Gasteiger partial charge in [-0.3, -0.25) is 0 Å². The maximum Gasteiger partial charge on any atom is 0.0235 e. The third kappa shape index (κ3) is 4.11. The summed E-state index contributed by atoms with van der Waals surface area (Å²) in [5.41, 5.74) is 11.8. The van der Waals surface area contributed by atoms with Crippen molar-refractivity contribution in [2.24, 2.45) is 11.7 Å². The Morgan fingerprint density at radius 3 is 2.55 bits per heavy atom.